The number of phenols is 6. The molecule has 8 bridgehead atoms. The number of hydrogen-bond acceptors (Lipinski definition) is 8. The summed E-state index contributed by atoms with van der Waals surface area (Å²) in [5.74, 6) is -1.69. The maximum atomic E-state index is 10.4. The predicted molar refractivity (Wildman–Crippen MR) is 131 cm³/mol. The first-order valence-electron chi connectivity index (χ1n) is 11.4. The lowest BCUT2D eigenvalue weighted by Gasteiger charge is -2.15. The van der Waals surface area contributed by atoms with Crippen molar-refractivity contribution in [3.05, 3.63) is 82.9 Å². The van der Waals surface area contributed by atoms with E-state index in [0.717, 1.165) is 11.1 Å². The van der Waals surface area contributed by atoms with Gasteiger partial charge in [-0.2, -0.15) is 0 Å². The largest absolute Gasteiger partial charge is 0.504 e. The molecule has 36 heavy (non-hydrogen) atoms. The smallest absolute Gasteiger partial charge is 0.201 e. The molecule has 0 radical (unpaired) electrons. The molecule has 0 aliphatic carbocycles. The van der Waals surface area contributed by atoms with Crippen LogP contribution in [0.1, 0.15) is 22.3 Å². The standard InChI is InChI=1S/C28H24O8/c29-19-7-5-15-1-3-17-9-21(31)27(33)25(13-17)36-26-14-18(10-22(32)28(26)34)4-2-16-6-8-20(30)24(12-16)35-23(19)11-15/h5-14,29-34H,1-4H2. The van der Waals surface area contributed by atoms with Gasteiger partial charge in [0.15, 0.2) is 46.0 Å². The third-order valence-corrected chi connectivity index (χ3v) is 6.12. The minimum absolute atomic E-state index is 0.0733. The molecule has 1 aliphatic heterocycles. The monoisotopic (exact) mass is 488 g/mol. The van der Waals surface area contributed by atoms with E-state index in [-0.39, 0.29) is 46.0 Å². The quantitative estimate of drug-likeness (QED) is 0.181. The molecule has 8 heteroatoms. The molecular formula is C28H24O8. The zero-order chi connectivity index (χ0) is 25.4. The first-order chi connectivity index (χ1) is 17.3. The van der Waals surface area contributed by atoms with Crippen LogP contribution in [0.3, 0.4) is 0 Å². The van der Waals surface area contributed by atoms with Crippen LogP contribution >= 0.6 is 0 Å². The molecule has 1 aliphatic rings. The Bertz CT molecular complexity index is 1350. The molecule has 0 unspecified atom stereocenters. The maximum Gasteiger partial charge on any atom is 0.201 e. The molecule has 0 spiro atoms. The van der Waals surface area contributed by atoms with Gasteiger partial charge in [0.05, 0.1) is 0 Å². The normalized spacial score (nSPS) is 13.1. The van der Waals surface area contributed by atoms with Crippen LogP contribution < -0.4 is 9.47 Å². The van der Waals surface area contributed by atoms with Crippen molar-refractivity contribution in [2.75, 3.05) is 0 Å². The molecular weight excluding hydrogens is 464 g/mol. The topological polar surface area (TPSA) is 140 Å². The highest BCUT2D eigenvalue weighted by molar-refractivity contribution is 5.58. The average molecular weight is 488 g/mol. The van der Waals surface area contributed by atoms with Crippen LogP contribution in [0.4, 0.5) is 0 Å². The van der Waals surface area contributed by atoms with Crippen molar-refractivity contribution < 1.29 is 40.1 Å². The first-order valence-corrected chi connectivity index (χ1v) is 11.4. The lowest BCUT2D eigenvalue weighted by atomic mass is 10.0. The van der Waals surface area contributed by atoms with Crippen molar-refractivity contribution >= 4 is 0 Å². The molecule has 0 fully saturated rings. The molecule has 1 heterocycles. The third kappa shape index (κ3) is 4.61. The first kappa shape index (κ1) is 23.0. The van der Waals surface area contributed by atoms with E-state index < -0.39 is 11.5 Å². The second kappa shape index (κ2) is 9.14. The number of ether oxygens (including phenoxy) is 2. The van der Waals surface area contributed by atoms with Gasteiger partial charge < -0.3 is 40.1 Å². The minimum Gasteiger partial charge on any atom is -0.504 e. The van der Waals surface area contributed by atoms with Gasteiger partial charge in [0.2, 0.25) is 11.5 Å². The fourth-order valence-corrected chi connectivity index (χ4v) is 4.15. The molecule has 0 aromatic heterocycles. The van der Waals surface area contributed by atoms with Crippen molar-refractivity contribution in [2.45, 2.75) is 25.7 Å². The molecule has 4 aromatic rings. The highest BCUT2D eigenvalue weighted by Gasteiger charge is 2.18. The summed E-state index contributed by atoms with van der Waals surface area (Å²) in [6, 6.07) is 15.8. The fraction of sp³-hybridized carbons (Fsp3) is 0.143. The van der Waals surface area contributed by atoms with Gasteiger partial charge in [0.25, 0.3) is 0 Å². The molecule has 0 atom stereocenters. The van der Waals surface area contributed by atoms with Crippen LogP contribution in [-0.4, -0.2) is 30.6 Å². The number of rotatable bonds is 0. The lowest BCUT2D eigenvalue weighted by molar-refractivity contribution is 0.350. The number of benzene rings is 4. The van der Waals surface area contributed by atoms with Gasteiger partial charge in [-0.3, -0.25) is 0 Å². The van der Waals surface area contributed by atoms with Crippen LogP contribution in [0.25, 0.3) is 0 Å². The Morgan fingerprint density at radius 2 is 0.750 bits per heavy atom. The van der Waals surface area contributed by atoms with Crippen molar-refractivity contribution in [3.63, 3.8) is 0 Å². The SMILES string of the molecule is Oc1ccc2cc1Oc1cc(ccc1O)CCc1cc(O)c(O)c(c1)Oc1cc(cc(O)c1O)CC2. The Labute approximate surface area is 206 Å². The van der Waals surface area contributed by atoms with E-state index in [0.29, 0.717) is 36.8 Å². The van der Waals surface area contributed by atoms with Crippen LogP contribution in [-0.2, 0) is 25.7 Å². The number of fused-ring (bicyclic) bond motifs is 8. The van der Waals surface area contributed by atoms with Crippen LogP contribution in [0.15, 0.2) is 60.7 Å². The Kier molecular flexibility index (Phi) is 5.85. The van der Waals surface area contributed by atoms with E-state index in [4.69, 9.17) is 9.47 Å². The van der Waals surface area contributed by atoms with E-state index in [1.807, 2.05) is 0 Å². The van der Waals surface area contributed by atoms with Crippen LogP contribution in [0.2, 0.25) is 0 Å². The molecule has 6 N–H and O–H groups in total. The van der Waals surface area contributed by atoms with Gasteiger partial charge in [-0.1, -0.05) is 12.1 Å². The molecule has 184 valence electrons. The summed E-state index contributed by atoms with van der Waals surface area (Å²) < 4.78 is 11.6. The minimum atomic E-state index is -0.491. The van der Waals surface area contributed by atoms with E-state index in [9.17, 15) is 30.6 Å². The molecule has 5 rings (SSSR count). The summed E-state index contributed by atoms with van der Waals surface area (Å²) in [5.41, 5.74) is 2.93. The van der Waals surface area contributed by atoms with Crippen molar-refractivity contribution in [1.82, 2.24) is 0 Å². The zero-order valence-electron chi connectivity index (χ0n) is 19.1. The predicted octanol–water partition coefficient (Wildman–Crippen LogP) is 5.39. The second-order valence-corrected chi connectivity index (χ2v) is 8.73. The molecule has 8 nitrogen and oxygen atoms in total. The summed E-state index contributed by atoms with van der Waals surface area (Å²) >= 11 is 0. The van der Waals surface area contributed by atoms with E-state index in [1.54, 1.807) is 36.4 Å². The van der Waals surface area contributed by atoms with Gasteiger partial charge in [-0.25, -0.2) is 0 Å². The van der Waals surface area contributed by atoms with E-state index >= 15 is 0 Å². The summed E-state index contributed by atoms with van der Waals surface area (Å²) in [6.45, 7) is 0. The maximum absolute atomic E-state index is 10.4. The molecule has 0 saturated carbocycles. The average Bonchev–Trinajstić information content (AvgIpc) is 2.85. The van der Waals surface area contributed by atoms with Gasteiger partial charge >= 0.3 is 0 Å². The Hall–Kier alpha value is -4.72. The van der Waals surface area contributed by atoms with Gasteiger partial charge in [0, 0.05) is 0 Å². The van der Waals surface area contributed by atoms with Crippen molar-refractivity contribution in [1.29, 1.82) is 0 Å². The number of aryl methyl sites for hydroxylation is 4. The Morgan fingerprint density at radius 3 is 1.19 bits per heavy atom. The number of hydrogen-bond donors (Lipinski definition) is 6. The van der Waals surface area contributed by atoms with Gasteiger partial charge in [-0.15, -0.1) is 0 Å². The summed E-state index contributed by atoms with van der Waals surface area (Å²) in [5, 5.41) is 61.9. The fourth-order valence-electron chi connectivity index (χ4n) is 4.15. The highest BCUT2D eigenvalue weighted by atomic mass is 16.5. The molecule has 0 amide bonds. The van der Waals surface area contributed by atoms with Gasteiger partial charge in [0.1, 0.15) is 0 Å². The van der Waals surface area contributed by atoms with Crippen LogP contribution in [0.5, 0.6) is 57.5 Å². The molecule has 0 saturated heterocycles. The summed E-state index contributed by atoms with van der Waals surface area (Å²) in [7, 11) is 0. The number of aromatic hydroxyl groups is 6. The van der Waals surface area contributed by atoms with E-state index in [2.05, 4.69) is 0 Å². The van der Waals surface area contributed by atoms with Gasteiger partial charge in [-0.05, 0) is 96.5 Å². The summed E-state index contributed by atoms with van der Waals surface area (Å²) in [4.78, 5) is 0. The Morgan fingerprint density at radius 1 is 0.389 bits per heavy atom. The van der Waals surface area contributed by atoms with Crippen molar-refractivity contribution in [2.24, 2.45) is 0 Å². The highest BCUT2D eigenvalue weighted by Crippen LogP contribution is 2.45. The summed E-state index contributed by atoms with van der Waals surface area (Å²) in [6.07, 6.45) is 1.86. The zero-order valence-corrected chi connectivity index (χ0v) is 19.1. The third-order valence-electron chi connectivity index (χ3n) is 6.12. The Balaban J connectivity index is 1.61. The number of phenolic OH excluding ortho intramolecular Hbond substituents is 6. The molecule has 4 aromatic carbocycles. The van der Waals surface area contributed by atoms with Crippen molar-refractivity contribution in [3.8, 4) is 57.5 Å². The second-order valence-electron chi connectivity index (χ2n) is 8.73. The van der Waals surface area contributed by atoms with Crippen LogP contribution in [0, 0.1) is 0 Å². The lowest BCUT2D eigenvalue weighted by Crippen LogP contribution is -1.97. The van der Waals surface area contributed by atoms with E-state index in [1.165, 1.54) is 24.3 Å².